The second-order valence-corrected chi connectivity index (χ2v) is 16.5. The van der Waals surface area contributed by atoms with Gasteiger partial charge in [-0.15, -0.1) is 0 Å². The van der Waals surface area contributed by atoms with E-state index in [0.29, 0.717) is 5.41 Å². The SMILES string of the molecule is c1ccc(-c2cccc(N(c3ccc4c(c3)-c3cc(-c5ccccc5)ccc3C43C4CC5CC6CC3C564)c3ccc4c(c3)oc3ccccc34)c2)cc1. The van der Waals surface area contributed by atoms with E-state index in [2.05, 4.69) is 163 Å². The van der Waals surface area contributed by atoms with Crippen LogP contribution >= 0.6 is 0 Å². The van der Waals surface area contributed by atoms with Gasteiger partial charge in [-0.2, -0.15) is 0 Å². The monoisotopic (exact) mass is 679 g/mol. The van der Waals surface area contributed by atoms with Crippen LogP contribution in [0.5, 0.6) is 0 Å². The molecule has 0 radical (unpaired) electrons. The summed E-state index contributed by atoms with van der Waals surface area (Å²) in [4.78, 5) is 2.44. The minimum atomic E-state index is 0.164. The first kappa shape index (κ1) is 28.7. The zero-order valence-electron chi connectivity index (χ0n) is 29.4. The normalized spacial score (nSPS) is 26.4. The molecule has 0 amide bonds. The fraction of sp³-hybridized carbons (Fsp3) is 0.176. The molecule has 0 aliphatic heterocycles. The lowest BCUT2D eigenvalue weighted by Gasteiger charge is -2.92. The maximum Gasteiger partial charge on any atom is 0.137 e. The van der Waals surface area contributed by atoms with Crippen LogP contribution in [-0.4, -0.2) is 0 Å². The van der Waals surface area contributed by atoms with Gasteiger partial charge in [0, 0.05) is 39.3 Å². The van der Waals surface area contributed by atoms with Crippen LogP contribution in [0.25, 0.3) is 55.3 Å². The van der Waals surface area contributed by atoms with Crippen LogP contribution in [0.15, 0.2) is 168 Å². The summed E-state index contributed by atoms with van der Waals surface area (Å²) in [5.74, 6) is 3.55. The molecule has 8 aromatic rings. The van der Waals surface area contributed by atoms with Crippen molar-refractivity contribution in [3.05, 3.63) is 175 Å². The molecule has 0 N–H and O–H groups in total. The predicted molar refractivity (Wildman–Crippen MR) is 216 cm³/mol. The Morgan fingerprint density at radius 2 is 1.02 bits per heavy atom. The summed E-state index contributed by atoms with van der Waals surface area (Å²) in [5, 5.41) is 2.30. The molecule has 1 aromatic heterocycles. The van der Waals surface area contributed by atoms with Crippen molar-refractivity contribution in [2.24, 2.45) is 29.1 Å². The van der Waals surface area contributed by atoms with E-state index in [-0.39, 0.29) is 5.41 Å². The van der Waals surface area contributed by atoms with Crippen LogP contribution in [0.3, 0.4) is 0 Å². The largest absolute Gasteiger partial charge is 0.456 e. The van der Waals surface area contributed by atoms with Gasteiger partial charge in [0.2, 0.25) is 0 Å². The third-order valence-corrected chi connectivity index (χ3v) is 14.7. The highest BCUT2D eigenvalue weighted by Gasteiger charge is 2.90. The Morgan fingerprint density at radius 1 is 0.434 bits per heavy atom. The van der Waals surface area contributed by atoms with E-state index < -0.39 is 0 Å². The van der Waals surface area contributed by atoms with Crippen molar-refractivity contribution in [3.63, 3.8) is 0 Å². The summed E-state index contributed by atoms with van der Waals surface area (Å²) < 4.78 is 6.47. The van der Waals surface area contributed by atoms with Crippen molar-refractivity contribution in [1.29, 1.82) is 0 Å². The van der Waals surface area contributed by atoms with Crippen LogP contribution in [0, 0.1) is 29.1 Å². The Hall–Kier alpha value is -5.86. The van der Waals surface area contributed by atoms with Crippen molar-refractivity contribution in [3.8, 4) is 33.4 Å². The Balaban J connectivity index is 1.02. The molecule has 4 atom stereocenters. The van der Waals surface area contributed by atoms with Gasteiger partial charge in [0.05, 0.1) is 0 Å². The van der Waals surface area contributed by atoms with Crippen LogP contribution in [0.4, 0.5) is 17.1 Å². The van der Waals surface area contributed by atoms with E-state index in [1.54, 1.807) is 11.1 Å². The summed E-state index contributed by atoms with van der Waals surface area (Å²) >= 11 is 0. The fourth-order valence-electron chi connectivity index (χ4n) is 12.7. The molecule has 5 aliphatic carbocycles. The summed E-state index contributed by atoms with van der Waals surface area (Å²) in [6.07, 6.45) is 4.30. The standard InChI is InChI=1S/C51H37NO/c1-3-10-31(11-4-1)33-14-9-15-37(24-33)52(39-19-21-41-40-16-7-8-17-46(40)53-47(41)30-39)38-20-23-45-43(29-38)42-25-34(32-12-5-2-6-13-32)18-22-44(42)51(45)48-27-35-26-36-28-49(51)50(35,36)48/h1-25,29-30,35-36,48-49H,26-28H2. The Kier molecular flexibility index (Phi) is 5.39. The molecule has 0 bridgehead atoms. The van der Waals surface area contributed by atoms with Crippen molar-refractivity contribution >= 4 is 39.0 Å². The summed E-state index contributed by atoms with van der Waals surface area (Å²) in [6, 6.07) is 60.7. The number of hydrogen-bond acceptors (Lipinski definition) is 2. The summed E-state index contributed by atoms with van der Waals surface area (Å²) in [5.41, 5.74) is 17.1. The van der Waals surface area contributed by atoms with Gasteiger partial charge < -0.3 is 9.32 Å². The Labute approximate surface area is 309 Å². The molecule has 2 nitrogen and oxygen atoms in total. The average Bonchev–Trinajstić information content (AvgIpc) is 3.70. The molecule has 4 fully saturated rings. The van der Waals surface area contributed by atoms with Crippen molar-refractivity contribution in [1.82, 2.24) is 0 Å². The van der Waals surface area contributed by atoms with E-state index in [4.69, 9.17) is 4.42 Å². The first-order chi connectivity index (χ1) is 26.2. The van der Waals surface area contributed by atoms with Gasteiger partial charge in [0.25, 0.3) is 0 Å². The highest BCUT2D eigenvalue weighted by atomic mass is 16.3. The molecule has 1 heterocycles. The van der Waals surface area contributed by atoms with Crippen LogP contribution in [0.2, 0.25) is 0 Å². The number of rotatable bonds is 5. The van der Waals surface area contributed by atoms with E-state index in [1.807, 2.05) is 6.07 Å². The molecule has 2 spiro atoms. The molecule has 7 aromatic carbocycles. The van der Waals surface area contributed by atoms with Crippen LogP contribution in [0.1, 0.15) is 30.4 Å². The summed E-state index contributed by atoms with van der Waals surface area (Å²) in [6.45, 7) is 0. The van der Waals surface area contributed by atoms with E-state index in [9.17, 15) is 0 Å². The number of furan rings is 1. The average molecular weight is 680 g/mol. The van der Waals surface area contributed by atoms with Crippen molar-refractivity contribution in [2.75, 3.05) is 4.90 Å². The van der Waals surface area contributed by atoms with E-state index >= 15 is 0 Å². The molecule has 5 aliphatic rings. The number of fused-ring (bicyclic) bond motifs is 10. The van der Waals surface area contributed by atoms with Crippen LogP contribution in [-0.2, 0) is 5.41 Å². The lowest BCUT2D eigenvalue weighted by atomic mass is 9.11. The molecule has 0 saturated heterocycles. The van der Waals surface area contributed by atoms with Gasteiger partial charge in [0.15, 0.2) is 0 Å². The molecule has 13 rings (SSSR count). The first-order valence-corrected chi connectivity index (χ1v) is 19.4. The molecule has 4 unspecified atom stereocenters. The second kappa shape index (κ2) is 9.96. The van der Waals surface area contributed by atoms with Gasteiger partial charge in [-0.1, -0.05) is 109 Å². The lowest BCUT2D eigenvalue weighted by Crippen LogP contribution is -2.88. The zero-order valence-corrected chi connectivity index (χ0v) is 29.4. The number of para-hydroxylation sites is 1. The maximum absolute atomic E-state index is 6.47. The lowest BCUT2D eigenvalue weighted by molar-refractivity contribution is -0.412. The Morgan fingerprint density at radius 3 is 1.77 bits per heavy atom. The molecular weight excluding hydrogens is 643 g/mol. The van der Waals surface area contributed by atoms with E-state index in [1.165, 1.54) is 58.3 Å². The van der Waals surface area contributed by atoms with Gasteiger partial charge in [-0.05, 0) is 141 Å². The number of anilines is 3. The smallest absolute Gasteiger partial charge is 0.137 e. The molecule has 4 saturated carbocycles. The maximum atomic E-state index is 6.47. The van der Waals surface area contributed by atoms with Gasteiger partial charge >= 0.3 is 0 Å². The van der Waals surface area contributed by atoms with Gasteiger partial charge in [-0.3, -0.25) is 0 Å². The minimum absolute atomic E-state index is 0.164. The third-order valence-electron chi connectivity index (χ3n) is 14.7. The first-order valence-electron chi connectivity index (χ1n) is 19.4. The Bertz CT molecular complexity index is 2790. The van der Waals surface area contributed by atoms with Gasteiger partial charge in [-0.25, -0.2) is 0 Å². The van der Waals surface area contributed by atoms with Crippen molar-refractivity contribution in [2.45, 2.75) is 24.7 Å². The highest BCUT2D eigenvalue weighted by molar-refractivity contribution is 6.06. The zero-order chi connectivity index (χ0) is 34.5. The van der Waals surface area contributed by atoms with E-state index in [0.717, 1.165) is 57.0 Å². The third kappa shape index (κ3) is 3.42. The molecule has 2 heteroatoms. The minimum Gasteiger partial charge on any atom is -0.456 e. The number of hydrogen-bond donors (Lipinski definition) is 0. The quantitative estimate of drug-likeness (QED) is 0.180. The van der Waals surface area contributed by atoms with Gasteiger partial charge in [0.1, 0.15) is 11.2 Å². The number of nitrogens with zero attached hydrogens (tertiary/aromatic N) is 1. The second-order valence-electron chi connectivity index (χ2n) is 16.5. The highest BCUT2D eigenvalue weighted by Crippen LogP contribution is 2.94. The van der Waals surface area contributed by atoms with Crippen molar-refractivity contribution < 1.29 is 4.42 Å². The predicted octanol–water partition coefficient (Wildman–Crippen LogP) is 13.3. The topological polar surface area (TPSA) is 16.4 Å². The summed E-state index contributed by atoms with van der Waals surface area (Å²) in [7, 11) is 0. The molecular formula is C51H37NO. The van der Waals surface area contributed by atoms with Crippen LogP contribution < -0.4 is 4.90 Å². The fourth-order valence-corrected chi connectivity index (χ4v) is 12.7. The molecule has 252 valence electrons. The molecule has 53 heavy (non-hydrogen) atoms. The number of benzene rings is 7.